The molecule has 3 aromatic heterocycles. The minimum Gasteiger partial charge on any atom is -0.354 e. The summed E-state index contributed by atoms with van der Waals surface area (Å²) >= 11 is 5.90. The van der Waals surface area contributed by atoms with Crippen LogP contribution in [0.5, 0.6) is 0 Å². The smallest absolute Gasteiger partial charge is 0.333 e. The van der Waals surface area contributed by atoms with Crippen LogP contribution in [0.4, 0.5) is 8.78 Å². The zero-order valence-corrected chi connectivity index (χ0v) is 23.3. The van der Waals surface area contributed by atoms with Gasteiger partial charge in [0.05, 0.1) is 33.0 Å². The van der Waals surface area contributed by atoms with Gasteiger partial charge in [-0.2, -0.15) is 0 Å². The van der Waals surface area contributed by atoms with E-state index in [1.807, 2.05) is 24.3 Å². The lowest BCUT2D eigenvalue weighted by Crippen LogP contribution is -2.39. The Bertz CT molecular complexity index is 1680. The number of nitrogens with one attached hydrogen (secondary N) is 2. The van der Waals surface area contributed by atoms with Gasteiger partial charge in [0.2, 0.25) is 0 Å². The number of para-hydroxylation sites is 2. The van der Waals surface area contributed by atoms with Gasteiger partial charge in [0.25, 0.3) is 18.2 Å². The summed E-state index contributed by atoms with van der Waals surface area (Å²) in [5.41, 5.74) is 1.93. The molecule has 0 bridgehead atoms. The number of hydrogen-bond acceptors (Lipinski definition) is 5. The van der Waals surface area contributed by atoms with Crippen molar-refractivity contribution in [1.82, 2.24) is 29.7 Å². The average molecular weight is 583 g/mol. The van der Waals surface area contributed by atoms with Gasteiger partial charge in [-0.15, -0.1) is 0 Å². The maximum absolute atomic E-state index is 13.8. The van der Waals surface area contributed by atoms with Gasteiger partial charge in [0.15, 0.2) is 0 Å². The fourth-order valence-corrected chi connectivity index (χ4v) is 5.64. The van der Waals surface area contributed by atoms with Crippen LogP contribution in [0.3, 0.4) is 0 Å². The molecule has 0 atom stereocenters. The van der Waals surface area contributed by atoms with Crippen molar-refractivity contribution in [2.24, 2.45) is 5.92 Å². The molecule has 2 amide bonds. The highest BCUT2D eigenvalue weighted by Gasteiger charge is 2.27. The topological polar surface area (TPSA) is 111 Å². The van der Waals surface area contributed by atoms with Gasteiger partial charge in [0, 0.05) is 25.8 Å². The van der Waals surface area contributed by atoms with E-state index in [1.54, 1.807) is 28.2 Å². The van der Waals surface area contributed by atoms with E-state index in [-0.39, 0.29) is 39.8 Å². The summed E-state index contributed by atoms with van der Waals surface area (Å²) in [4.78, 5) is 46.6. The van der Waals surface area contributed by atoms with Gasteiger partial charge < -0.3 is 10.6 Å². The van der Waals surface area contributed by atoms with Crippen molar-refractivity contribution >= 4 is 34.4 Å². The SMILES string of the molecule is CNC(=O)c1ccc(-n2c(=O)n(C[C@H]3CC[C@H](NC(=O)c4cc(Cl)cnc4C(F)F)CC3)c3ccccc32)c(C)n1. The minimum atomic E-state index is -2.89. The number of carbonyl (C=O) groups excluding carboxylic acids is 2. The second-order valence-electron chi connectivity index (χ2n) is 10.2. The van der Waals surface area contributed by atoms with Gasteiger partial charge >= 0.3 is 5.69 Å². The highest BCUT2D eigenvalue weighted by Crippen LogP contribution is 2.29. The molecule has 1 aliphatic carbocycles. The Hall–Kier alpha value is -4.12. The van der Waals surface area contributed by atoms with Crippen molar-refractivity contribution in [3.8, 4) is 5.69 Å². The van der Waals surface area contributed by atoms with Gasteiger partial charge in [-0.05, 0) is 68.9 Å². The Balaban J connectivity index is 1.33. The molecule has 12 heteroatoms. The molecule has 4 aromatic rings. The van der Waals surface area contributed by atoms with Gasteiger partial charge in [-0.25, -0.2) is 18.6 Å². The van der Waals surface area contributed by atoms with Crippen LogP contribution in [0.15, 0.2) is 53.5 Å². The quantitative estimate of drug-likeness (QED) is 0.324. The van der Waals surface area contributed by atoms with Crippen molar-refractivity contribution in [2.45, 2.75) is 51.6 Å². The van der Waals surface area contributed by atoms with E-state index in [0.717, 1.165) is 30.1 Å². The molecule has 0 saturated heterocycles. The largest absolute Gasteiger partial charge is 0.354 e. The third kappa shape index (κ3) is 5.72. The summed E-state index contributed by atoms with van der Waals surface area (Å²) in [6.07, 6.45) is 0.985. The Morgan fingerprint density at radius 2 is 1.78 bits per heavy atom. The Morgan fingerprint density at radius 1 is 1.07 bits per heavy atom. The van der Waals surface area contributed by atoms with E-state index in [1.165, 1.54) is 13.1 Å². The number of rotatable bonds is 7. The van der Waals surface area contributed by atoms with Gasteiger partial charge in [0.1, 0.15) is 11.4 Å². The summed E-state index contributed by atoms with van der Waals surface area (Å²) in [5, 5.41) is 5.52. The van der Waals surface area contributed by atoms with Gasteiger partial charge in [-0.3, -0.25) is 23.7 Å². The van der Waals surface area contributed by atoms with Crippen LogP contribution in [-0.2, 0) is 6.54 Å². The first-order valence-corrected chi connectivity index (χ1v) is 13.7. The number of benzene rings is 1. The summed E-state index contributed by atoms with van der Waals surface area (Å²) in [6, 6.07) is 11.9. The van der Waals surface area contributed by atoms with Crippen LogP contribution < -0.4 is 16.3 Å². The zero-order chi connectivity index (χ0) is 29.3. The van der Waals surface area contributed by atoms with Crippen LogP contribution in [0.2, 0.25) is 5.02 Å². The number of imidazole rings is 1. The highest BCUT2D eigenvalue weighted by molar-refractivity contribution is 6.30. The van der Waals surface area contributed by atoms with Crippen LogP contribution in [-0.4, -0.2) is 44.0 Å². The third-order valence-corrected chi connectivity index (χ3v) is 7.76. The lowest BCUT2D eigenvalue weighted by molar-refractivity contribution is 0.0903. The molecule has 41 heavy (non-hydrogen) atoms. The van der Waals surface area contributed by atoms with Crippen molar-refractivity contribution < 1.29 is 18.4 Å². The molecule has 1 aliphatic rings. The second kappa shape index (κ2) is 11.8. The molecule has 214 valence electrons. The summed E-state index contributed by atoms with van der Waals surface area (Å²) < 4.78 is 30.1. The molecule has 0 unspecified atom stereocenters. The first-order chi connectivity index (χ1) is 19.7. The zero-order valence-electron chi connectivity index (χ0n) is 22.5. The molecule has 5 rings (SSSR count). The highest BCUT2D eigenvalue weighted by atomic mass is 35.5. The third-order valence-electron chi connectivity index (χ3n) is 7.55. The summed E-state index contributed by atoms with van der Waals surface area (Å²) in [6.45, 7) is 2.25. The first-order valence-electron chi connectivity index (χ1n) is 13.3. The molecule has 0 aliphatic heterocycles. The number of halogens is 3. The van der Waals surface area contributed by atoms with E-state index in [9.17, 15) is 23.2 Å². The lowest BCUT2D eigenvalue weighted by Gasteiger charge is -2.29. The fourth-order valence-electron chi connectivity index (χ4n) is 5.48. The molecule has 0 spiro atoms. The molecular formula is C29H29ClF2N6O3. The lowest BCUT2D eigenvalue weighted by atomic mass is 9.85. The number of nitrogens with zero attached hydrogens (tertiary/aromatic N) is 4. The van der Waals surface area contributed by atoms with E-state index < -0.39 is 18.0 Å². The summed E-state index contributed by atoms with van der Waals surface area (Å²) in [7, 11) is 1.53. The van der Waals surface area contributed by atoms with Crippen LogP contribution >= 0.6 is 11.6 Å². The van der Waals surface area contributed by atoms with Crippen molar-refractivity contribution in [1.29, 1.82) is 0 Å². The van der Waals surface area contributed by atoms with E-state index in [2.05, 4.69) is 20.6 Å². The minimum absolute atomic E-state index is 0.112. The Labute approximate surface area is 239 Å². The number of aryl methyl sites for hydroxylation is 1. The Kier molecular flexibility index (Phi) is 8.16. The Morgan fingerprint density at radius 3 is 2.44 bits per heavy atom. The normalized spacial score (nSPS) is 17.1. The monoisotopic (exact) mass is 582 g/mol. The van der Waals surface area contributed by atoms with Crippen molar-refractivity contribution in [3.05, 3.63) is 86.8 Å². The maximum atomic E-state index is 13.8. The predicted molar refractivity (Wildman–Crippen MR) is 151 cm³/mol. The summed E-state index contributed by atoms with van der Waals surface area (Å²) in [5.74, 6) is -0.746. The van der Waals surface area contributed by atoms with Crippen LogP contribution in [0, 0.1) is 12.8 Å². The number of amides is 2. The number of alkyl halides is 2. The number of carbonyl (C=O) groups is 2. The van der Waals surface area contributed by atoms with Crippen molar-refractivity contribution in [2.75, 3.05) is 7.05 Å². The average Bonchev–Trinajstić information content (AvgIpc) is 3.24. The first kappa shape index (κ1) is 28.4. The standard InChI is InChI=1S/C29H29ClF2N6O3/c1-16-22(12-11-21(35-16)28(40)33-2)38-24-6-4-3-5-23(24)37(29(38)41)15-17-7-9-19(10-8-17)36-27(39)20-13-18(30)14-34-25(20)26(31)32/h3-6,11-14,17,19,26H,7-10,15H2,1-2H3,(H,33,40)(H,36,39)/t17-,19-. The van der Waals surface area contributed by atoms with E-state index in [0.29, 0.717) is 30.8 Å². The molecule has 3 heterocycles. The van der Waals surface area contributed by atoms with E-state index in [4.69, 9.17) is 11.6 Å². The molecule has 9 nitrogen and oxygen atoms in total. The predicted octanol–water partition coefficient (Wildman–Crippen LogP) is 4.83. The van der Waals surface area contributed by atoms with Crippen molar-refractivity contribution in [3.63, 3.8) is 0 Å². The number of aromatic nitrogens is 4. The molecule has 1 aromatic carbocycles. The number of hydrogen-bond donors (Lipinski definition) is 2. The number of fused-ring (bicyclic) bond motifs is 1. The molecule has 0 radical (unpaired) electrons. The number of pyridine rings is 2. The second-order valence-corrected chi connectivity index (χ2v) is 10.6. The van der Waals surface area contributed by atoms with E-state index >= 15 is 0 Å². The molecule has 1 fully saturated rings. The fraction of sp³-hybridized carbons (Fsp3) is 0.345. The molecular weight excluding hydrogens is 554 g/mol. The van der Waals surface area contributed by atoms with Crippen LogP contribution in [0.1, 0.15) is 64.3 Å². The van der Waals surface area contributed by atoms with Gasteiger partial charge in [-0.1, -0.05) is 23.7 Å². The van der Waals surface area contributed by atoms with Crippen LogP contribution in [0.25, 0.3) is 16.7 Å². The molecule has 2 N–H and O–H groups in total. The molecule has 1 saturated carbocycles. The maximum Gasteiger partial charge on any atom is 0.333 e.